The lowest BCUT2D eigenvalue weighted by Gasteiger charge is -2.35. The van der Waals surface area contributed by atoms with Crippen molar-refractivity contribution in [3.63, 3.8) is 0 Å². The van der Waals surface area contributed by atoms with E-state index in [1.54, 1.807) is 12.1 Å². The van der Waals surface area contributed by atoms with Gasteiger partial charge in [0.2, 0.25) is 15.9 Å². The second kappa shape index (κ2) is 10.9. The normalized spacial score (nSPS) is 24.2. The van der Waals surface area contributed by atoms with E-state index >= 15 is 0 Å². The van der Waals surface area contributed by atoms with Gasteiger partial charge in [-0.15, -0.1) is 0 Å². The lowest BCUT2D eigenvalue weighted by Crippen LogP contribution is -2.44. The number of amides is 1. The second-order valence-electron chi connectivity index (χ2n) is 9.37. The maximum Gasteiger partial charge on any atom is 0.223 e. The Morgan fingerprint density at radius 1 is 1.13 bits per heavy atom. The van der Waals surface area contributed by atoms with Crippen LogP contribution in [0.5, 0.6) is 0 Å². The molecule has 0 bridgehead atoms. The van der Waals surface area contributed by atoms with E-state index < -0.39 is 15.8 Å². The minimum Gasteiger partial charge on any atom is -0.356 e. The van der Waals surface area contributed by atoms with E-state index in [2.05, 4.69) is 24.1 Å². The SMILES string of the molecule is C[C@@H]1C[C@H](C)CN(CCCNC(=O)C2CCN(S(=O)(=O)Cc3ccccc3F)CC2)C1. The summed E-state index contributed by atoms with van der Waals surface area (Å²) in [7, 11) is -3.59. The van der Waals surface area contributed by atoms with Crippen LogP contribution in [0.4, 0.5) is 4.39 Å². The van der Waals surface area contributed by atoms with Crippen molar-refractivity contribution in [2.24, 2.45) is 17.8 Å². The number of nitrogens with one attached hydrogen (secondary N) is 1. The number of likely N-dealkylation sites (tertiary alicyclic amines) is 1. The molecule has 2 aliphatic rings. The highest BCUT2D eigenvalue weighted by atomic mass is 32.2. The molecule has 2 fully saturated rings. The van der Waals surface area contributed by atoms with Gasteiger partial charge in [-0.1, -0.05) is 32.0 Å². The van der Waals surface area contributed by atoms with Gasteiger partial charge in [0, 0.05) is 44.2 Å². The lowest BCUT2D eigenvalue weighted by molar-refractivity contribution is -0.126. The minimum atomic E-state index is -3.59. The highest BCUT2D eigenvalue weighted by molar-refractivity contribution is 7.88. The number of hydrogen-bond donors (Lipinski definition) is 1. The molecule has 2 atom stereocenters. The number of carbonyl (C=O) groups is 1. The van der Waals surface area contributed by atoms with Crippen molar-refractivity contribution in [3.8, 4) is 0 Å². The molecule has 6 nitrogen and oxygen atoms in total. The third kappa shape index (κ3) is 6.99. The summed E-state index contributed by atoms with van der Waals surface area (Å²) in [4.78, 5) is 15.0. The van der Waals surface area contributed by atoms with Crippen molar-refractivity contribution in [2.45, 2.75) is 45.3 Å². The molecule has 174 valence electrons. The Labute approximate surface area is 186 Å². The van der Waals surface area contributed by atoms with Gasteiger partial charge in [0.25, 0.3) is 0 Å². The minimum absolute atomic E-state index is 0.0199. The summed E-state index contributed by atoms with van der Waals surface area (Å²) in [5.41, 5.74) is 0.180. The summed E-state index contributed by atoms with van der Waals surface area (Å²) < 4.78 is 40.5. The highest BCUT2D eigenvalue weighted by Crippen LogP contribution is 2.23. The van der Waals surface area contributed by atoms with Crippen molar-refractivity contribution in [1.29, 1.82) is 0 Å². The Morgan fingerprint density at radius 3 is 2.42 bits per heavy atom. The molecule has 1 aromatic rings. The van der Waals surface area contributed by atoms with Crippen LogP contribution >= 0.6 is 0 Å². The van der Waals surface area contributed by atoms with Crippen molar-refractivity contribution in [2.75, 3.05) is 39.3 Å². The van der Waals surface area contributed by atoms with Crippen LogP contribution < -0.4 is 5.32 Å². The van der Waals surface area contributed by atoms with Crippen molar-refractivity contribution in [3.05, 3.63) is 35.6 Å². The third-order valence-electron chi connectivity index (χ3n) is 6.41. The molecule has 1 N–H and O–H groups in total. The Bertz CT molecular complexity index is 830. The number of piperidine rings is 2. The van der Waals surface area contributed by atoms with E-state index in [1.165, 1.54) is 22.9 Å². The quantitative estimate of drug-likeness (QED) is 0.615. The van der Waals surface area contributed by atoms with Gasteiger partial charge < -0.3 is 10.2 Å². The van der Waals surface area contributed by atoms with Gasteiger partial charge in [-0.2, -0.15) is 0 Å². The molecule has 1 amide bonds. The maximum atomic E-state index is 13.8. The van der Waals surface area contributed by atoms with Gasteiger partial charge in [-0.3, -0.25) is 4.79 Å². The van der Waals surface area contributed by atoms with Crippen molar-refractivity contribution in [1.82, 2.24) is 14.5 Å². The fraction of sp³-hybridized carbons (Fsp3) is 0.696. The smallest absolute Gasteiger partial charge is 0.223 e. The van der Waals surface area contributed by atoms with Gasteiger partial charge in [0.05, 0.1) is 5.75 Å². The maximum absolute atomic E-state index is 13.8. The van der Waals surface area contributed by atoms with Crippen LogP contribution in [0.3, 0.4) is 0 Å². The molecule has 2 heterocycles. The van der Waals surface area contributed by atoms with Crippen LogP contribution in [0.2, 0.25) is 0 Å². The molecule has 8 heteroatoms. The standard InChI is InChI=1S/C23H36FN3O3S/c1-18-14-19(2)16-26(15-18)11-5-10-25-23(28)20-8-12-27(13-9-20)31(29,30)17-21-6-3-4-7-22(21)24/h3-4,6-7,18-20H,5,8-17H2,1-2H3,(H,25,28)/t18-,19+. The van der Waals surface area contributed by atoms with E-state index in [1.807, 2.05) is 0 Å². The van der Waals surface area contributed by atoms with Crippen LogP contribution in [0.15, 0.2) is 24.3 Å². The summed E-state index contributed by atoms with van der Waals surface area (Å²) in [6.07, 6.45) is 3.23. The molecule has 0 spiro atoms. The fourth-order valence-electron chi connectivity index (χ4n) is 4.93. The zero-order chi connectivity index (χ0) is 22.4. The van der Waals surface area contributed by atoms with E-state index in [-0.39, 0.29) is 23.1 Å². The highest BCUT2D eigenvalue weighted by Gasteiger charge is 2.31. The number of hydrogen-bond acceptors (Lipinski definition) is 4. The summed E-state index contributed by atoms with van der Waals surface area (Å²) in [6, 6.07) is 5.95. The first-order valence-electron chi connectivity index (χ1n) is 11.5. The molecular formula is C23H36FN3O3S. The molecule has 2 saturated heterocycles. The number of carbonyl (C=O) groups excluding carboxylic acids is 1. The van der Waals surface area contributed by atoms with E-state index in [0.29, 0.717) is 32.5 Å². The van der Waals surface area contributed by atoms with Crippen molar-refractivity contribution >= 4 is 15.9 Å². The molecule has 0 aromatic heterocycles. The first kappa shape index (κ1) is 24.1. The molecular weight excluding hydrogens is 417 g/mol. The van der Waals surface area contributed by atoms with Crippen LogP contribution in [-0.4, -0.2) is 62.8 Å². The summed E-state index contributed by atoms with van der Waals surface area (Å²) >= 11 is 0. The number of rotatable bonds is 8. The monoisotopic (exact) mass is 453 g/mol. The number of benzene rings is 1. The van der Waals surface area contributed by atoms with Crippen LogP contribution in [0.25, 0.3) is 0 Å². The van der Waals surface area contributed by atoms with Crippen LogP contribution in [0, 0.1) is 23.6 Å². The van der Waals surface area contributed by atoms with E-state index in [0.717, 1.165) is 37.9 Å². The largest absolute Gasteiger partial charge is 0.356 e. The number of halogens is 1. The van der Waals surface area contributed by atoms with Gasteiger partial charge in [0.15, 0.2) is 0 Å². The molecule has 0 radical (unpaired) electrons. The summed E-state index contributed by atoms with van der Waals surface area (Å²) in [5, 5.41) is 3.03. The Morgan fingerprint density at radius 2 is 1.77 bits per heavy atom. The molecule has 0 aliphatic carbocycles. The molecule has 2 aliphatic heterocycles. The number of sulfonamides is 1. The second-order valence-corrected chi connectivity index (χ2v) is 11.3. The fourth-order valence-corrected chi connectivity index (χ4v) is 6.51. The summed E-state index contributed by atoms with van der Waals surface area (Å²) in [6.45, 7) is 9.14. The van der Waals surface area contributed by atoms with Crippen LogP contribution in [0.1, 0.15) is 45.1 Å². The summed E-state index contributed by atoms with van der Waals surface area (Å²) in [5.74, 6) is 0.483. The lowest BCUT2D eigenvalue weighted by atomic mass is 9.92. The molecule has 0 unspecified atom stereocenters. The predicted octanol–water partition coefficient (Wildman–Crippen LogP) is 2.85. The first-order valence-corrected chi connectivity index (χ1v) is 13.1. The Hall–Kier alpha value is -1.51. The zero-order valence-corrected chi connectivity index (χ0v) is 19.5. The molecule has 3 rings (SSSR count). The Kier molecular flexibility index (Phi) is 8.47. The zero-order valence-electron chi connectivity index (χ0n) is 18.7. The number of nitrogens with zero attached hydrogens (tertiary/aromatic N) is 2. The topological polar surface area (TPSA) is 69.7 Å². The van der Waals surface area contributed by atoms with Crippen LogP contribution in [-0.2, 0) is 20.6 Å². The van der Waals surface area contributed by atoms with Gasteiger partial charge in [-0.25, -0.2) is 17.1 Å². The molecule has 1 aromatic carbocycles. The van der Waals surface area contributed by atoms with Gasteiger partial charge in [0.1, 0.15) is 5.82 Å². The first-order chi connectivity index (χ1) is 14.7. The molecule has 0 saturated carbocycles. The van der Waals surface area contributed by atoms with Gasteiger partial charge in [-0.05, 0) is 50.1 Å². The predicted molar refractivity (Wildman–Crippen MR) is 120 cm³/mol. The average molecular weight is 454 g/mol. The van der Waals surface area contributed by atoms with Gasteiger partial charge >= 0.3 is 0 Å². The molecule has 31 heavy (non-hydrogen) atoms. The van der Waals surface area contributed by atoms with E-state index in [9.17, 15) is 17.6 Å². The average Bonchev–Trinajstić information content (AvgIpc) is 2.72. The van der Waals surface area contributed by atoms with Crippen molar-refractivity contribution < 1.29 is 17.6 Å². The third-order valence-corrected chi connectivity index (χ3v) is 8.24. The van der Waals surface area contributed by atoms with E-state index in [4.69, 9.17) is 0 Å². The Balaban J connectivity index is 1.38.